The molecule has 0 heterocycles. The Hall–Kier alpha value is -2.87. The van der Waals surface area contributed by atoms with Crippen LogP contribution in [0, 0.1) is 11.8 Å². The number of unbranched alkanes of at least 4 members (excludes halogenated alkanes) is 1. The first-order chi connectivity index (χ1) is 18.7. The smallest absolute Gasteiger partial charge is 0.314 e. The van der Waals surface area contributed by atoms with E-state index in [4.69, 9.17) is 4.74 Å². The molecule has 4 rings (SSSR count). The quantitative estimate of drug-likeness (QED) is 0.169. The fourth-order valence-corrected chi connectivity index (χ4v) is 6.06. The predicted molar refractivity (Wildman–Crippen MR) is 160 cm³/mol. The zero-order valence-electron chi connectivity index (χ0n) is 23.5. The maximum absolute atomic E-state index is 13.0. The lowest BCUT2D eigenvalue weighted by molar-refractivity contribution is -0.139. The summed E-state index contributed by atoms with van der Waals surface area (Å²) in [6.45, 7) is 4.44. The number of rotatable bonds is 13. The van der Waals surface area contributed by atoms with Crippen molar-refractivity contribution in [1.29, 1.82) is 0 Å². The molecule has 0 radical (unpaired) electrons. The van der Waals surface area contributed by atoms with Crippen LogP contribution in [0.2, 0.25) is 0 Å². The van der Waals surface area contributed by atoms with Gasteiger partial charge in [0.05, 0.1) is 5.92 Å². The van der Waals surface area contributed by atoms with Crippen molar-refractivity contribution in [3.8, 4) is 16.9 Å². The highest BCUT2D eigenvalue weighted by atomic mass is 16.5. The van der Waals surface area contributed by atoms with Crippen LogP contribution in [-0.4, -0.2) is 5.97 Å². The molecule has 0 amide bonds. The van der Waals surface area contributed by atoms with Gasteiger partial charge in [0.25, 0.3) is 0 Å². The zero-order chi connectivity index (χ0) is 26.6. The van der Waals surface area contributed by atoms with Crippen LogP contribution in [-0.2, 0) is 11.2 Å². The topological polar surface area (TPSA) is 26.3 Å². The van der Waals surface area contributed by atoms with Crippen LogP contribution < -0.4 is 4.74 Å². The average Bonchev–Trinajstić information content (AvgIpc) is 2.97. The standard InChI is InChI=1S/C36H46O2/c1-3-5-11-28-16-22-32(23-17-28)33-24-26-35(27-25-33)38-36(37)34(10-4-2)15-9-12-29-18-20-31(21-19-29)30-13-7-6-8-14-30/h6-8,13-14,18-21,24-28,32,34H,3-5,9-12,15-17,22-23H2,1-2H3. The van der Waals surface area contributed by atoms with Gasteiger partial charge in [-0.15, -0.1) is 0 Å². The van der Waals surface area contributed by atoms with E-state index < -0.39 is 0 Å². The van der Waals surface area contributed by atoms with Gasteiger partial charge in [0.1, 0.15) is 5.75 Å². The van der Waals surface area contributed by atoms with E-state index in [1.807, 2.05) is 18.2 Å². The number of carbonyl (C=O) groups excluding carboxylic acids is 1. The number of ether oxygens (including phenoxy) is 1. The SMILES string of the molecule is CCCCC1CCC(c2ccc(OC(=O)C(CCC)CCCc3ccc(-c4ccccc4)cc3)cc2)CC1. The van der Waals surface area contributed by atoms with Gasteiger partial charge < -0.3 is 4.74 Å². The number of hydrogen-bond acceptors (Lipinski definition) is 2. The van der Waals surface area contributed by atoms with Crippen molar-refractivity contribution in [1.82, 2.24) is 0 Å². The van der Waals surface area contributed by atoms with Gasteiger partial charge in [0, 0.05) is 0 Å². The van der Waals surface area contributed by atoms with E-state index in [-0.39, 0.29) is 11.9 Å². The number of hydrogen-bond donors (Lipinski definition) is 0. The molecular formula is C36H46O2. The van der Waals surface area contributed by atoms with Gasteiger partial charge in [0.2, 0.25) is 0 Å². The minimum Gasteiger partial charge on any atom is -0.426 e. The van der Waals surface area contributed by atoms with E-state index in [0.29, 0.717) is 11.7 Å². The molecule has 38 heavy (non-hydrogen) atoms. The molecule has 1 aliphatic rings. The van der Waals surface area contributed by atoms with Gasteiger partial charge in [-0.05, 0) is 97.6 Å². The molecule has 1 unspecified atom stereocenters. The molecule has 2 nitrogen and oxygen atoms in total. The number of benzene rings is 3. The van der Waals surface area contributed by atoms with E-state index in [1.54, 1.807) is 0 Å². The summed E-state index contributed by atoms with van der Waals surface area (Å²) in [5, 5.41) is 0. The van der Waals surface area contributed by atoms with Gasteiger partial charge in [-0.25, -0.2) is 0 Å². The molecule has 202 valence electrons. The lowest BCUT2D eigenvalue weighted by Crippen LogP contribution is -2.21. The summed E-state index contributed by atoms with van der Waals surface area (Å²) in [4.78, 5) is 13.0. The molecule has 0 aromatic heterocycles. The largest absolute Gasteiger partial charge is 0.426 e. The molecular weight excluding hydrogens is 464 g/mol. The Kier molecular flexibility index (Phi) is 11.0. The molecule has 0 aliphatic heterocycles. The third-order valence-corrected chi connectivity index (χ3v) is 8.43. The van der Waals surface area contributed by atoms with Gasteiger partial charge >= 0.3 is 5.97 Å². The third-order valence-electron chi connectivity index (χ3n) is 8.43. The Labute approximate surface area is 230 Å². The fraction of sp³-hybridized carbons (Fsp3) is 0.472. The summed E-state index contributed by atoms with van der Waals surface area (Å²) in [5.74, 6) is 2.16. The first-order valence-corrected chi connectivity index (χ1v) is 15.1. The Morgan fingerprint density at radius 1 is 0.763 bits per heavy atom. The third kappa shape index (κ3) is 8.32. The van der Waals surface area contributed by atoms with Crippen molar-refractivity contribution >= 4 is 5.97 Å². The van der Waals surface area contributed by atoms with E-state index in [2.05, 4.69) is 74.5 Å². The Morgan fingerprint density at radius 3 is 2.11 bits per heavy atom. The highest BCUT2D eigenvalue weighted by molar-refractivity contribution is 5.75. The molecule has 0 N–H and O–H groups in total. The van der Waals surface area contributed by atoms with Crippen LogP contribution in [0.15, 0.2) is 78.9 Å². The number of aryl methyl sites for hydroxylation is 1. The monoisotopic (exact) mass is 510 g/mol. The van der Waals surface area contributed by atoms with Crippen molar-refractivity contribution in [3.63, 3.8) is 0 Å². The molecule has 3 aromatic rings. The minimum atomic E-state index is -0.0737. The Balaban J connectivity index is 1.24. The van der Waals surface area contributed by atoms with Crippen LogP contribution in [0.3, 0.4) is 0 Å². The normalized spacial score (nSPS) is 18.2. The van der Waals surface area contributed by atoms with Gasteiger partial charge in [-0.3, -0.25) is 4.79 Å². The maximum Gasteiger partial charge on any atom is 0.314 e. The van der Waals surface area contributed by atoms with Crippen LogP contribution in [0.5, 0.6) is 5.75 Å². The second-order valence-corrected chi connectivity index (χ2v) is 11.3. The van der Waals surface area contributed by atoms with Gasteiger partial charge in [-0.2, -0.15) is 0 Å². The average molecular weight is 511 g/mol. The highest BCUT2D eigenvalue weighted by Crippen LogP contribution is 2.38. The molecule has 0 bridgehead atoms. The summed E-state index contributed by atoms with van der Waals surface area (Å²) >= 11 is 0. The second-order valence-electron chi connectivity index (χ2n) is 11.3. The van der Waals surface area contributed by atoms with E-state index in [1.165, 1.54) is 67.2 Å². The van der Waals surface area contributed by atoms with Crippen molar-refractivity contribution in [2.24, 2.45) is 11.8 Å². The highest BCUT2D eigenvalue weighted by Gasteiger charge is 2.23. The molecule has 1 fully saturated rings. The van der Waals surface area contributed by atoms with Crippen LogP contribution in [0.1, 0.15) is 102 Å². The molecule has 1 atom stereocenters. The van der Waals surface area contributed by atoms with Gasteiger partial charge in [0.15, 0.2) is 0 Å². The van der Waals surface area contributed by atoms with Crippen LogP contribution in [0.25, 0.3) is 11.1 Å². The molecule has 0 spiro atoms. The maximum atomic E-state index is 13.0. The van der Waals surface area contributed by atoms with E-state index in [0.717, 1.165) is 38.0 Å². The lowest BCUT2D eigenvalue weighted by atomic mass is 9.77. The predicted octanol–water partition coefficient (Wildman–Crippen LogP) is 10.2. The van der Waals surface area contributed by atoms with E-state index >= 15 is 0 Å². The summed E-state index contributed by atoms with van der Waals surface area (Å²) < 4.78 is 5.86. The molecule has 2 heteroatoms. The summed E-state index contributed by atoms with van der Waals surface area (Å²) in [6.07, 6.45) is 14.1. The van der Waals surface area contributed by atoms with E-state index in [9.17, 15) is 4.79 Å². The Morgan fingerprint density at radius 2 is 1.45 bits per heavy atom. The van der Waals surface area contributed by atoms with Crippen molar-refractivity contribution < 1.29 is 9.53 Å². The zero-order valence-corrected chi connectivity index (χ0v) is 23.5. The Bertz CT molecular complexity index is 1080. The van der Waals surface area contributed by atoms with Gasteiger partial charge in [-0.1, -0.05) is 106 Å². The first kappa shape index (κ1) is 28.1. The van der Waals surface area contributed by atoms with Crippen molar-refractivity contribution in [3.05, 3.63) is 90.0 Å². The summed E-state index contributed by atoms with van der Waals surface area (Å²) in [7, 11) is 0. The number of esters is 1. The molecule has 1 saturated carbocycles. The second kappa shape index (κ2) is 14.9. The van der Waals surface area contributed by atoms with Crippen LogP contribution >= 0.6 is 0 Å². The molecule has 1 aliphatic carbocycles. The van der Waals surface area contributed by atoms with Crippen molar-refractivity contribution in [2.75, 3.05) is 0 Å². The minimum absolute atomic E-state index is 0.0401. The van der Waals surface area contributed by atoms with Crippen molar-refractivity contribution in [2.45, 2.75) is 96.8 Å². The molecule has 3 aromatic carbocycles. The number of carbonyl (C=O) groups is 1. The lowest BCUT2D eigenvalue weighted by Gasteiger charge is -2.29. The molecule has 0 saturated heterocycles. The summed E-state index contributed by atoms with van der Waals surface area (Å²) in [6, 6.07) is 27.7. The first-order valence-electron chi connectivity index (χ1n) is 15.1. The van der Waals surface area contributed by atoms with Crippen LogP contribution in [0.4, 0.5) is 0 Å². The fourth-order valence-electron chi connectivity index (χ4n) is 6.06. The summed E-state index contributed by atoms with van der Waals surface area (Å²) in [5.41, 5.74) is 5.21.